The molecular formula is C18H13N3O3. The summed E-state index contributed by atoms with van der Waals surface area (Å²) in [6, 6.07) is 15.6. The fourth-order valence-electron chi connectivity index (χ4n) is 3.04. The molecule has 24 heavy (non-hydrogen) atoms. The van der Waals surface area contributed by atoms with E-state index in [0.717, 1.165) is 16.6 Å². The van der Waals surface area contributed by atoms with Crippen molar-refractivity contribution in [3.8, 4) is 5.69 Å². The lowest BCUT2D eigenvalue weighted by atomic mass is 10.2. The van der Waals surface area contributed by atoms with Crippen LogP contribution in [0.25, 0.3) is 22.1 Å². The van der Waals surface area contributed by atoms with Crippen molar-refractivity contribution in [2.75, 3.05) is 0 Å². The normalized spacial score (nSPS) is 11.2. The highest BCUT2D eigenvalue weighted by molar-refractivity contribution is 5.86. The van der Waals surface area contributed by atoms with Crippen LogP contribution in [0, 0.1) is 17.0 Å². The van der Waals surface area contributed by atoms with Crippen molar-refractivity contribution < 1.29 is 4.92 Å². The van der Waals surface area contributed by atoms with Gasteiger partial charge < -0.3 is 4.40 Å². The number of hydrogen-bond donors (Lipinski definition) is 0. The van der Waals surface area contributed by atoms with Crippen molar-refractivity contribution in [3.05, 3.63) is 87.0 Å². The summed E-state index contributed by atoms with van der Waals surface area (Å²) >= 11 is 0. The zero-order valence-electron chi connectivity index (χ0n) is 12.8. The van der Waals surface area contributed by atoms with Crippen LogP contribution in [0.15, 0.2) is 65.6 Å². The molecule has 4 aromatic rings. The first-order valence-electron chi connectivity index (χ1n) is 7.43. The summed E-state index contributed by atoms with van der Waals surface area (Å²) in [6.07, 6.45) is 1.90. The van der Waals surface area contributed by atoms with Crippen LogP contribution < -0.4 is 5.56 Å². The van der Waals surface area contributed by atoms with Crippen LogP contribution in [-0.4, -0.2) is 13.9 Å². The third-order valence-corrected chi connectivity index (χ3v) is 4.16. The highest BCUT2D eigenvalue weighted by Gasteiger charge is 2.13. The second kappa shape index (κ2) is 5.06. The minimum atomic E-state index is -0.456. The topological polar surface area (TPSA) is 69.5 Å². The van der Waals surface area contributed by atoms with Gasteiger partial charge in [0.15, 0.2) is 0 Å². The number of rotatable bonds is 2. The van der Waals surface area contributed by atoms with Gasteiger partial charge in [0.1, 0.15) is 5.52 Å². The Balaban J connectivity index is 2.00. The molecule has 0 saturated carbocycles. The van der Waals surface area contributed by atoms with E-state index >= 15 is 0 Å². The van der Waals surface area contributed by atoms with Crippen LogP contribution in [0.3, 0.4) is 0 Å². The Morgan fingerprint density at radius 1 is 1.00 bits per heavy atom. The average molecular weight is 319 g/mol. The number of hydrogen-bond acceptors (Lipinski definition) is 3. The van der Waals surface area contributed by atoms with E-state index in [2.05, 4.69) is 0 Å². The molecule has 0 amide bonds. The zero-order valence-corrected chi connectivity index (χ0v) is 12.8. The van der Waals surface area contributed by atoms with Gasteiger partial charge in [-0.05, 0) is 31.2 Å². The van der Waals surface area contributed by atoms with Crippen LogP contribution in [0.5, 0.6) is 0 Å². The van der Waals surface area contributed by atoms with Crippen LogP contribution in [0.4, 0.5) is 5.69 Å². The molecule has 2 heterocycles. The van der Waals surface area contributed by atoms with E-state index in [9.17, 15) is 14.9 Å². The van der Waals surface area contributed by atoms with Gasteiger partial charge in [-0.1, -0.05) is 18.2 Å². The number of nitrogens with zero attached hydrogens (tertiary/aromatic N) is 3. The van der Waals surface area contributed by atoms with Crippen LogP contribution in [0.1, 0.15) is 5.69 Å². The molecule has 0 radical (unpaired) electrons. The Labute approximate surface area is 136 Å². The second-order valence-electron chi connectivity index (χ2n) is 5.64. The van der Waals surface area contributed by atoms with E-state index in [1.807, 2.05) is 47.9 Å². The van der Waals surface area contributed by atoms with Gasteiger partial charge in [-0.2, -0.15) is 0 Å². The number of non-ortho nitro benzene ring substituents is 1. The second-order valence-corrected chi connectivity index (χ2v) is 5.64. The molecule has 6 nitrogen and oxygen atoms in total. The van der Waals surface area contributed by atoms with Crippen molar-refractivity contribution in [2.45, 2.75) is 6.92 Å². The first-order valence-corrected chi connectivity index (χ1v) is 7.43. The number of para-hydroxylation sites is 1. The Bertz CT molecular complexity index is 1150. The highest BCUT2D eigenvalue weighted by atomic mass is 16.6. The first kappa shape index (κ1) is 14.2. The molecule has 0 unspecified atom stereocenters. The predicted octanol–water partition coefficient (Wildman–Crippen LogP) is 3.46. The van der Waals surface area contributed by atoms with Crippen molar-refractivity contribution in [3.63, 3.8) is 0 Å². The number of nitro groups is 1. The van der Waals surface area contributed by atoms with Gasteiger partial charge >= 0.3 is 0 Å². The maximum absolute atomic E-state index is 12.9. The molecule has 0 spiro atoms. The number of fused-ring (bicyclic) bond motifs is 3. The molecule has 118 valence electrons. The molecule has 0 fully saturated rings. The summed E-state index contributed by atoms with van der Waals surface area (Å²) < 4.78 is 3.45. The lowest BCUT2D eigenvalue weighted by Crippen LogP contribution is -2.22. The lowest BCUT2D eigenvalue weighted by molar-refractivity contribution is -0.384. The molecule has 0 N–H and O–H groups in total. The summed E-state index contributed by atoms with van der Waals surface area (Å²) in [4.78, 5) is 23.3. The highest BCUT2D eigenvalue weighted by Crippen LogP contribution is 2.20. The van der Waals surface area contributed by atoms with Crippen LogP contribution in [0.2, 0.25) is 0 Å². The monoisotopic (exact) mass is 319 g/mol. The molecule has 0 aliphatic rings. The first-order chi connectivity index (χ1) is 11.6. The van der Waals surface area contributed by atoms with Crippen molar-refractivity contribution in [1.82, 2.24) is 8.97 Å². The maximum atomic E-state index is 12.9. The van der Waals surface area contributed by atoms with E-state index in [4.69, 9.17) is 0 Å². The van der Waals surface area contributed by atoms with Crippen LogP contribution in [-0.2, 0) is 0 Å². The number of aryl methyl sites for hydroxylation is 1. The third-order valence-electron chi connectivity index (χ3n) is 4.16. The van der Waals surface area contributed by atoms with E-state index in [0.29, 0.717) is 11.2 Å². The van der Waals surface area contributed by atoms with Gasteiger partial charge in [-0.15, -0.1) is 0 Å². The molecule has 2 aromatic heterocycles. The van der Waals surface area contributed by atoms with Crippen molar-refractivity contribution in [2.24, 2.45) is 0 Å². The van der Waals surface area contributed by atoms with E-state index in [1.165, 1.54) is 12.1 Å². The molecule has 0 bridgehead atoms. The van der Waals surface area contributed by atoms with Gasteiger partial charge in [0.05, 0.1) is 10.4 Å². The molecule has 0 saturated heterocycles. The number of aromatic nitrogens is 2. The van der Waals surface area contributed by atoms with Crippen LogP contribution >= 0.6 is 0 Å². The van der Waals surface area contributed by atoms with E-state index in [1.54, 1.807) is 16.7 Å². The minimum Gasteiger partial charge on any atom is -0.310 e. The molecule has 2 aromatic carbocycles. The fraction of sp³-hybridized carbons (Fsp3) is 0.0556. The predicted molar refractivity (Wildman–Crippen MR) is 91.9 cm³/mol. The smallest absolute Gasteiger partial charge is 0.279 e. The quantitative estimate of drug-likeness (QED) is 0.420. The minimum absolute atomic E-state index is 0.000968. The third kappa shape index (κ3) is 2.00. The zero-order chi connectivity index (χ0) is 16.8. The SMILES string of the molecule is Cc1cn2c(cc3ccccc32)c(=O)n1-c1ccc([N+](=O)[O-])cc1. The summed E-state index contributed by atoms with van der Waals surface area (Å²) in [5, 5.41) is 11.8. The summed E-state index contributed by atoms with van der Waals surface area (Å²) in [5.74, 6) is 0. The number of nitro benzene ring substituents is 1. The fourth-order valence-corrected chi connectivity index (χ4v) is 3.04. The Morgan fingerprint density at radius 2 is 1.71 bits per heavy atom. The molecule has 0 atom stereocenters. The summed E-state index contributed by atoms with van der Waals surface area (Å²) in [7, 11) is 0. The van der Waals surface area contributed by atoms with E-state index in [-0.39, 0.29) is 11.2 Å². The van der Waals surface area contributed by atoms with Gasteiger partial charge in [0.2, 0.25) is 0 Å². The van der Waals surface area contributed by atoms with Gasteiger partial charge in [0.25, 0.3) is 11.2 Å². The Morgan fingerprint density at radius 3 is 2.42 bits per heavy atom. The molecule has 0 aliphatic carbocycles. The van der Waals surface area contributed by atoms with Gasteiger partial charge in [-0.25, -0.2) is 0 Å². The molecule has 0 aliphatic heterocycles. The average Bonchev–Trinajstić information content (AvgIpc) is 2.94. The van der Waals surface area contributed by atoms with E-state index < -0.39 is 4.92 Å². The Hall–Kier alpha value is -3.41. The summed E-state index contributed by atoms with van der Waals surface area (Å²) in [6.45, 7) is 1.84. The summed E-state index contributed by atoms with van der Waals surface area (Å²) in [5.41, 5.74) is 2.75. The van der Waals surface area contributed by atoms with Gasteiger partial charge in [-0.3, -0.25) is 19.5 Å². The Kier molecular flexibility index (Phi) is 2.99. The largest absolute Gasteiger partial charge is 0.310 e. The maximum Gasteiger partial charge on any atom is 0.279 e. The molecule has 6 heteroatoms. The van der Waals surface area contributed by atoms with Gasteiger partial charge in [0, 0.05) is 35.1 Å². The number of benzene rings is 2. The lowest BCUT2D eigenvalue weighted by Gasteiger charge is -2.11. The standard InChI is InChI=1S/C18H13N3O3/c1-12-11-19-16-5-3-2-4-13(16)10-17(19)18(22)20(12)14-6-8-15(9-7-14)21(23)24/h2-11H,1H3. The van der Waals surface area contributed by atoms with Crippen molar-refractivity contribution in [1.29, 1.82) is 0 Å². The van der Waals surface area contributed by atoms with Crippen molar-refractivity contribution >= 4 is 22.1 Å². The molecule has 4 rings (SSSR count). The molecular weight excluding hydrogens is 306 g/mol.